The molecule has 16 nitrogen and oxygen atoms in total. The lowest BCUT2D eigenvalue weighted by atomic mass is 9.90. The Morgan fingerprint density at radius 2 is 1.55 bits per heavy atom. The number of ether oxygens (including phenoxy) is 2. The minimum Gasteiger partial charge on any atom is -0.492 e. The Balaban J connectivity index is 1.24. The average molecular weight is 791 g/mol. The van der Waals surface area contributed by atoms with Crippen LogP contribution in [0.3, 0.4) is 0 Å². The van der Waals surface area contributed by atoms with Crippen molar-refractivity contribution < 1.29 is 47.0 Å². The van der Waals surface area contributed by atoms with Crippen molar-refractivity contribution in [3.05, 3.63) is 83.9 Å². The van der Waals surface area contributed by atoms with E-state index >= 15 is 0 Å². The molecule has 1 unspecified atom stereocenters. The van der Waals surface area contributed by atoms with Crippen LogP contribution in [0, 0.1) is 0 Å². The first-order valence-electron chi connectivity index (χ1n) is 18.5. The van der Waals surface area contributed by atoms with Crippen LogP contribution in [0.2, 0.25) is 0 Å². The highest BCUT2D eigenvalue weighted by molar-refractivity contribution is 7.89. The van der Waals surface area contributed by atoms with Gasteiger partial charge >= 0.3 is 0 Å². The van der Waals surface area contributed by atoms with Gasteiger partial charge in [0.1, 0.15) is 36.2 Å². The van der Waals surface area contributed by atoms with E-state index in [1.807, 2.05) is 30.3 Å². The zero-order valence-corrected chi connectivity index (χ0v) is 31.9. The van der Waals surface area contributed by atoms with Crippen LogP contribution in [0.1, 0.15) is 44.2 Å². The van der Waals surface area contributed by atoms with Crippen molar-refractivity contribution in [2.75, 3.05) is 31.6 Å². The van der Waals surface area contributed by atoms with Gasteiger partial charge in [-0.15, -0.1) is 0 Å². The number of rotatable bonds is 5. The van der Waals surface area contributed by atoms with Crippen LogP contribution >= 0.6 is 0 Å². The van der Waals surface area contributed by atoms with Crippen LogP contribution in [-0.4, -0.2) is 103 Å². The van der Waals surface area contributed by atoms with Crippen LogP contribution in [0.5, 0.6) is 11.5 Å². The molecule has 0 aliphatic carbocycles. The second-order valence-electron chi connectivity index (χ2n) is 14.2. The normalized spacial score (nSPS) is 23.2. The zero-order valence-electron chi connectivity index (χ0n) is 31.1. The van der Waals surface area contributed by atoms with Gasteiger partial charge in [0.2, 0.25) is 33.7 Å². The maximum atomic E-state index is 14.3. The molecule has 1 fully saturated rings. The largest absolute Gasteiger partial charge is 0.492 e. The van der Waals surface area contributed by atoms with Gasteiger partial charge in [0.25, 0.3) is 5.91 Å². The van der Waals surface area contributed by atoms with E-state index in [0.29, 0.717) is 23.4 Å². The first-order valence-corrected chi connectivity index (χ1v) is 19.9. The van der Waals surface area contributed by atoms with Gasteiger partial charge < -0.3 is 41.2 Å². The fraction of sp³-hybridized carbons (Fsp3) is 0.410. The summed E-state index contributed by atoms with van der Waals surface area (Å²) in [5.74, 6) is -2.21. The third-order valence-corrected chi connectivity index (χ3v) is 12.0. The second-order valence-corrected chi connectivity index (χ2v) is 16.1. The molecule has 4 heterocycles. The molecule has 1 spiro atoms. The number of piperidine rings is 1. The summed E-state index contributed by atoms with van der Waals surface area (Å²) in [5.41, 5.74) is 0.381. The van der Waals surface area contributed by atoms with Crippen molar-refractivity contribution in [3.8, 4) is 11.5 Å². The maximum absolute atomic E-state index is 14.3. The lowest BCUT2D eigenvalue weighted by Crippen LogP contribution is -2.63. The number of sulfonamides is 1. The monoisotopic (exact) mass is 790 g/mol. The SMILES string of the molecule is C[C@@H]1NC(=O)C([C@@H](C)O)NC(=O)C2(CCN(S(=O)(=O)c3ccc4c(c3)CCC(=O)N4)CC2)Oc2ccc(cc2)OCCNC(=O)[C@H](Cc2ccccc2)NC1=O. The standard InChI is InChI=1S/C39H46N6O10S/c1-24-35(48)43-32(22-26-6-4-3-5-7-26)36(49)40-18-21-54-28-9-11-29(12-10-28)55-39(38(51)44-34(25(2)46)37(50)41-24)16-19-45(20-17-39)56(52,53)30-13-14-31-27(23-30)8-15-33(47)42-31/h3-7,9-14,23-25,32,34,46H,8,15-22H2,1-2H3,(H,40,49)(H,41,50)(H,42,47)(H,43,48)(H,44,51)/t24-,25+,32-,34?/m0/s1. The average Bonchev–Trinajstić information content (AvgIpc) is 3.18. The molecule has 0 radical (unpaired) electrons. The van der Waals surface area contributed by atoms with E-state index in [2.05, 4.69) is 26.6 Å². The molecular weight excluding hydrogens is 745 g/mol. The van der Waals surface area contributed by atoms with Gasteiger partial charge in [-0.25, -0.2) is 8.42 Å². The van der Waals surface area contributed by atoms with Gasteiger partial charge in [-0.2, -0.15) is 4.31 Å². The number of nitrogens with zero attached hydrogens (tertiary/aromatic N) is 1. The number of aliphatic hydroxyl groups is 1. The van der Waals surface area contributed by atoms with Gasteiger partial charge in [-0.3, -0.25) is 24.0 Å². The van der Waals surface area contributed by atoms with Crippen molar-refractivity contribution in [2.45, 2.75) is 80.7 Å². The second kappa shape index (κ2) is 17.1. The molecule has 298 valence electrons. The van der Waals surface area contributed by atoms with Crippen molar-refractivity contribution in [3.63, 3.8) is 0 Å². The van der Waals surface area contributed by atoms with E-state index in [-0.39, 0.29) is 68.5 Å². The fourth-order valence-corrected chi connectivity index (χ4v) is 8.32. The summed E-state index contributed by atoms with van der Waals surface area (Å²) in [4.78, 5) is 66.3. The van der Waals surface area contributed by atoms with E-state index in [9.17, 15) is 37.5 Å². The Morgan fingerprint density at radius 3 is 2.25 bits per heavy atom. The summed E-state index contributed by atoms with van der Waals surface area (Å²) in [6.45, 7) is 2.69. The summed E-state index contributed by atoms with van der Waals surface area (Å²) < 4.78 is 41.1. The molecule has 3 aromatic rings. The number of hydrogen-bond donors (Lipinski definition) is 6. The Morgan fingerprint density at radius 1 is 0.857 bits per heavy atom. The van der Waals surface area contributed by atoms with E-state index in [1.165, 1.54) is 24.2 Å². The number of aryl methyl sites for hydroxylation is 1. The number of carbonyl (C=O) groups is 5. The summed E-state index contributed by atoms with van der Waals surface area (Å²) in [6.07, 6.45) is -0.849. The topological polar surface area (TPSA) is 222 Å². The van der Waals surface area contributed by atoms with Crippen LogP contribution < -0.4 is 36.1 Å². The number of nitrogens with one attached hydrogen (secondary N) is 5. The predicted octanol–water partition coefficient (Wildman–Crippen LogP) is 0.780. The van der Waals surface area contributed by atoms with E-state index < -0.39 is 63.5 Å². The van der Waals surface area contributed by atoms with Crippen molar-refractivity contribution in [2.24, 2.45) is 0 Å². The van der Waals surface area contributed by atoms with E-state index in [0.717, 1.165) is 5.56 Å². The molecule has 0 aromatic heterocycles. The summed E-state index contributed by atoms with van der Waals surface area (Å²) in [7, 11) is -4.02. The highest BCUT2D eigenvalue weighted by Crippen LogP contribution is 2.34. The molecule has 3 aromatic carbocycles. The number of hydrogen-bond acceptors (Lipinski definition) is 10. The minimum atomic E-state index is -4.02. The van der Waals surface area contributed by atoms with Crippen LogP contribution in [0.4, 0.5) is 5.69 Å². The Bertz CT molecular complexity index is 2050. The fourth-order valence-electron chi connectivity index (χ4n) is 6.83. The molecule has 17 heteroatoms. The summed E-state index contributed by atoms with van der Waals surface area (Å²) in [5, 5.41) is 24.1. The third-order valence-electron chi connectivity index (χ3n) is 10.1. The van der Waals surface area contributed by atoms with Crippen LogP contribution in [0.15, 0.2) is 77.7 Å². The molecule has 0 saturated carbocycles. The van der Waals surface area contributed by atoms with Crippen molar-refractivity contribution in [1.29, 1.82) is 0 Å². The first kappa shape index (κ1) is 40.2. The Kier molecular flexibility index (Phi) is 12.3. The number of aliphatic hydroxyl groups excluding tert-OH is 1. The van der Waals surface area contributed by atoms with Gasteiger partial charge in [0.15, 0.2) is 5.60 Å². The lowest BCUT2D eigenvalue weighted by Gasteiger charge is -2.41. The quantitative estimate of drug-likeness (QED) is 0.200. The van der Waals surface area contributed by atoms with Gasteiger partial charge in [-0.1, -0.05) is 30.3 Å². The molecule has 1 saturated heterocycles. The number of anilines is 1. The zero-order chi connectivity index (χ0) is 40.0. The predicted molar refractivity (Wildman–Crippen MR) is 203 cm³/mol. The highest BCUT2D eigenvalue weighted by atomic mass is 32.2. The first-order chi connectivity index (χ1) is 26.7. The molecule has 2 bridgehead atoms. The van der Waals surface area contributed by atoms with Crippen LogP contribution in [-0.2, 0) is 46.8 Å². The van der Waals surface area contributed by atoms with Crippen molar-refractivity contribution in [1.82, 2.24) is 25.6 Å². The molecular formula is C39H46N6O10S. The Labute approximate surface area is 324 Å². The van der Waals surface area contributed by atoms with E-state index in [1.54, 1.807) is 36.4 Å². The smallest absolute Gasteiger partial charge is 0.265 e. The van der Waals surface area contributed by atoms with E-state index in [4.69, 9.17) is 9.47 Å². The van der Waals surface area contributed by atoms with Gasteiger partial charge in [0.05, 0.1) is 17.5 Å². The van der Waals surface area contributed by atoms with Crippen molar-refractivity contribution >= 4 is 45.2 Å². The maximum Gasteiger partial charge on any atom is 0.265 e. The molecule has 5 amide bonds. The minimum absolute atomic E-state index is 0.0514. The summed E-state index contributed by atoms with van der Waals surface area (Å²) in [6, 6.07) is 16.3. The molecule has 6 N–H and O–H groups in total. The molecule has 56 heavy (non-hydrogen) atoms. The molecule has 4 atom stereocenters. The lowest BCUT2D eigenvalue weighted by molar-refractivity contribution is -0.145. The van der Waals surface area contributed by atoms with Gasteiger partial charge in [0, 0.05) is 44.5 Å². The van der Waals surface area contributed by atoms with Crippen LogP contribution in [0.25, 0.3) is 0 Å². The molecule has 7 rings (SSSR count). The summed E-state index contributed by atoms with van der Waals surface area (Å²) >= 11 is 0. The number of fused-ring (bicyclic) bond motifs is 16. The highest BCUT2D eigenvalue weighted by Gasteiger charge is 2.48. The molecule has 4 aliphatic rings. The Hall–Kier alpha value is -5.52. The number of benzene rings is 3. The molecule has 4 aliphatic heterocycles. The number of amides is 5. The third kappa shape index (κ3) is 9.29. The van der Waals surface area contributed by atoms with Gasteiger partial charge in [-0.05, 0) is 73.9 Å². The number of carbonyl (C=O) groups excluding carboxylic acids is 5.